The van der Waals surface area contributed by atoms with Crippen molar-refractivity contribution in [3.63, 3.8) is 0 Å². The molecule has 0 aliphatic carbocycles. The molecule has 2 radical (unpaired) electrons. The summed E-state index contributed by atoms with van der Waals surface area (Å²) in [6.45, 7) is 17.8. The Hall–Kier alpha value is -2.22. The molecule has 0 nitrogen and oxygen atoms in total. The SMILES string of the molecule is CCc1ccc2[cH-]c(C(C)C)cc2c1-c1ccccc1.CCc1ccc2[cH-]c(C(C)C)cc2c1-c1ccccc1.C[Si]C.[Cl][Zr+2][Cl]. The topological polar surface area (TPSA) is 0 Å². The van der Waals surface area contributed by atoms with Crippen molar-refractivity contribution in [2.45, 2.75) is 79.3 Å². The van der Waals surface area contributed by atoms with E-state index in [4.69, 9.17) is 17.0 Å². The monoisotopic (exact) mass is 740 g/mol. The molecule has 6 rings (SSSR count). The van der Waals surface area contributed by atoms with Crippen LogP contribution in [0.4, 0.5) is 0 Å². The van der Waals surface area contributed by atoms with Crippen molar-refractivity contribution < 1.29 is 20.8 Å². The van der Waals surface area contributed by atoms with Crippen LogP contribution in [0, 0.1) is 0 Å². The summed E-state index contributed by atoms with van der Waals surface area (Å²) >= 11 is -0.826. The van der Waals surface area contributed by atoms with Crippen LogP contribution in [0.5, 0.6) is 0 Å². The van der Waals surface area contributed by atoms with Gasteiger partial charge in [0.25, 0.3) is 0 Å². The van der Waals surface area contributed by atoms with Crippen LogP contribution in [0.25, 0.3) is 43.8 Å². The average Bonchev–Trinajstić information content (AvgIpc) is 3.71. The third kappa shape index (κ3) is 9.90. The van der Waals surface area contributed by atoms with E-state index >= 15 is 0 Å². The minimum atomic E-state index is -0.826. The van der Waals surface area contributed by atoms with Crippen molar-refractivity contribution in [2.75, 3.05) is 0 Å². The number of hydrogen-bond acceptors (Lipinski definition) is 0. The standard InChI is InChI=1S/2C20H21.C2H6Si.2ClH.Zr/c2*1-4-15-10-11-17-12-18(14(2)3)13-19(17)20(15)16-8-6-5-7-9-16;1-3-2;;;/h2*5-14H,4H2,1-3H3;1-2H3;2*1H;/q2*-1;;;;+4/p-2. The van der Waals surface area contributed by atoms with Gasteiger partial charge >= 0.3 is 37.9 Å². The van der Waals surface area contributed by atoms with Crippen LogP contribution in [0.1, 0.15) is 75.6 Å². The first-order chi connectivity index (χ1) is 22.2. The van der Waals surface area contributed by atoms with Crippen LogP contribution in [0.3, 0.4) is 0 Å². The Morgan fingerprint density at radius 2 is 0.913 bits per heavy atom. The number of rotatable bonds is 6. The van der Waals surface area contributed by atoms with Crippen LogP contribution >= 0.6 is 17.0 Å². The zero-order valence-corrected chi connectivity index (χ0v) is 33.7. The Bertz CT molecular complexity index is 1620. The molecule has 0 atom stereocenters. The molecule has 0 bridgehead atoms. The molecule has 0 N–H and O–H groups in total. The van der Waals surface area contributed by atoms with Gasteiger partial charge in [0.1, 0.15) is 0 Å². The summed E-state index contributed by atoms with van der Waals surface area (Å²) in [4.78, 5) is 0. The van der Waals surface area contributed by atoms with Gasteiger partial charge in [-0.2, -0.15) is 12.1 Å². The van der Waals surface area contributed by atoms with Gasteiger partial charge in [-0.1, -0.05) is 138 Å². The molecule has 238 valence electrons. The van der Waals surface area contributed by atoms with Crippen LogP contribution < -0.4 is 0 Å². The van der Waals surface area contributed by atoms with E-state index in [1.165, 1.54) is 66.1 Å². The Labute approximate surface area is 299 Å². The van der Waals surface area contributed by atoms with E-state index in [1.807, 2.05) is 0 Å². The van der Waals surface area contributed by atoms with Crippen LogP contribution in [-0.4, -0.2) is 9.52 Å². The summed E-state index contributed by atoms with van der Waals surface area (Å²) in [5, 5.41) is 5.54. The van der Waals surface area contributed by atoms with Crippen molar-refractivity contribution in [3.05, 3.63) is 131 Å². The normalized spacial score (nSPS) is 10.5. The fourth-order valence-electron chi connectivity index (χ4n) is 5.85. The zero-order valence-electron chi connectivity index (χ0n) is 28.7. The first kappa shape index (κ1) is 38.2. The summed E-state index contributed by atoms with van der Waals surface area (Å²) in [5.41, 5.74) is 11.2. The zero-order chi connectivity index (χ0) is 33.6. The average molecular weight is 743 g/mol. The first-order valence-electron chi connectivity index (χ1n) is 16.3. The molecule has 0 aliphatic heterocycles. The van der Waals surface area contributed by atoms with Gasteiger partial charge in [-0.25, -0.2) is 0 Å². The van der Waals surface area contributed by atoms with Crippen LogP contribution in [0.2, 0.25) is 13.1 Å². The Kier molecular flexibility index (Phi) is 16.3. The van der Waals surface area contributed by atoms with Gasteiger partial charge < -0.3 is 0 Å². The number of fused-ring (bicyclic) bond motifs is 2. The molecular weight excluding hydrogens is 695 g/mol. The quantitative estimate of drug-likeness (QED) is 0.118. The Morgan fingerprint density at radius 3 is 1.20 bits per heavy atom. The Balaban J connectivity index is 0.000000214. The van der Waals surface area contributed by atoms with Gasteiger partial charge in [-0.05, 0) is 35.8 Å². The molecule has 0 aliphatic rings. The number of aryl methyl sites for hydroxylation is 2. The van der Waals surface area contributed by atoms with Crippen LogP contribution in [-0.2, 0) is 33.7 Å². The summed E-state index contributed by atoms with van der Waals surface area (Å²) in [6, 6.07) is 40.1. The van der Waals surface area contributed by atoms with Gasteiger partial charge in [0, 0.05) is 9.52 Å². The third-order valence-electron chi connectivity index (χ3n) is 8.22. The molecule has 46 heavy (non-hydrogen) atoms. The molecule has 6 aromatic rings. The Morgan fingerprint density at radius 1 is 0.587 bits per heavy atom. The van der Waals surface area contributed by atoms with Gasteiger partial charge in [0.15, 0.2) is 0 Å². The molecule has 0 saturated heterocycles. The van der Waals surface area contributed by atoms with Crippen LogP contribution in [0.15, 0.2) is 109 Å². The van der Waals surface area contributed by atoms with E-state index in [9.17, 15) is 0 Å². The number of hydrogen-bond donors (Lipinski definition) is 0. The second-order valence-corrected chi connectivity index (χ2v) is 16.8. The molecule has 4 heteroatoms. The van der Waals surface area contributed by atoms with Gasteiger partial charge in [-0.15, -0.1) is 69.1 Å². The van der Waals surface area contributed by atoms with E-state index < -0.39 is 20.8 Å². The predicted octanol–water partition coefficient (Wildman–Crippen LogP) is 14.0. The van der Waals surface area contributed by atoms with E-state index in [0.717, 1.165) is 22.4 Å². The maximum absolute atomic E-state index is 4.93. The maximum atomic E-state index is 4.93. The van der Waals surface area contributed by atoms with Gasteiger partial charge in [0.05, 0.1) is 0 Å². The molecule has 0 aromatic heterocycles. The number of benzene rings is 4. The van der Waals surface area contributed by atoms with Crippen molar-refractivity contribution in [1.29, 1.82) is 0 Å². The van der Waals surface area contributed by atoms with Crippen molar-refractivity contribution in [3.8, 4) is 22.3 Å². The van der Waals surface area contributed by atoms with Crippen molar-refractivity contribution in [2.24, 2.45) is 0 Å². The van der Waals surface area contributed by atoms with Crippen molar-refractivity contribution in [1.82, 2.24) is 0 Å². The summed E-state index contributed by atoms with van der Waals surface area (Å²) < 4.78 is 0. The third-order valence-corrected chi connectivity index (χ3v) is 8.22. The fourth-order valence-corrected chi connectivity index (χ4v) is 5.85. The minimum absolute atomic E-state index is 0.580. The molecule has 0 saturated carbocycles. The molecule has 0 unspecified atom stereocenters. The van der Waals surface area contributed by atoms with E-state index in [0.29, 0.717) is 11.8 Å². The molecule has 0 amide bonds. The molecule has 0 fully saturated rings. The summed E-state index contributed by atoms with van der Waals surface area (Å²) in [5.74, 6) is 1.16. The second kappa shape index (κ2) is 19.6. The summed E-state index contributed by atoms with van der Waals surface area (Å²) in [7, 11) is 11.0. The van der Waals surface area contributed by atoms with E-state index in [-0.39, 0.29) is 0 Å². The molecule has 6 aromatic carbocycles. The molecule has 0 heterocycles. The first-order valence-corrected chi connectivity index (χ1v) is 24.7. The van der Waals surface area contributed by atoms with Crippen molar-refractivity contribution >= 4 is 48.1 Å². The molecular formula is C42H48Cl2SiZr. The predicted molar refractivity (Wildman–Crippen MR) is 206 cm³/mol. The van der Waals surface area contributed by atoms with E-state index in [1.54, 1.807) is 0 Å². The fraction of sp³-hybridized carbons (Fsp3) is 0.286. The van der Waals surface area contributed by atoms with E-state index in [2.05, 4.69) is 164 Å². The second-order valence-electron chi connectivity index (χ2n) is 12.1. The number of halogens is 2. The summed E-state index contributed by atoms with van der Waals surface area (Å²) in [6.07, 6.45) is 2.14. The van der Waals surface area contributed by atoms with Gasteiger partial charge in [-0.3, -0.25) is 0 Å². The van der Waals surface area contributed by atoms with Gasteiger partial charge in [0.2, 0.25) is 0 Å². The molecule has 0 spiro atoms.